The maximum Gasteiger partial charge on any atom is 0.416 e. The van der Waals surface area contributed by atoms with Gasteiger partial charge in [0.15, 0.2) is 0 Å². The van der Waals surface area contributed by atoms with E-state index < -0.39 is 35.4 Å². The van der Waals surface area contributed by atoms with E-state index in [2.05, 4.69) is 21.2 Å². The fourth-order valence-corrected chi connectivity index (χ4v) is 3.86. The molecule has 0 fully saturated rings. The molecular formula is C24H15BrF6N2O. The first-order valence-electron chi connectivity index (χ1n) is 9.86. The Bertz CT molecular complexity index is 1250. The van der Waals surface area contributed by atoms with Crippen molar-refractivity contribution in [2.75, 3.05) is 10.2 Å². The second kappa shape index (κ2) is 8.83. The van der Waals surface area contributed by atoms with Crippen LogP contribution in [0.3, 0.4) is 0 Å². The summed E-state index contributed by atoms with van der Waals surface area (Å²) in [6.07, 6.45) is -7.71. The van der Waals surface area contributed by atoms with Crippen molar-refractivity contribution in [1.82, 2.24) is 0 Å². The summed E-state index contributed by atoms with van der Waals surface area (Å²) in [6, 6.07) is 14.7. The van der Waals surface area contributed by atoms with Gasteiger partial charge in [0.25, 0.3) is 5.91 Å². The van der Waals surface area contributed by atoms with Crippen LogP contribution >= 0.6 is 15.9 Å². The molecule has 4 rings (SSSR count). The fraction of sp³-hybridized carbons (Fsp3) is 0.125. The molecule has 0 bridgehead atoms. The van der Waals surface area contributed by atoms with E-state index in [0.29, 0.717) is 5.56 Å². The zero-order valence-corrected chi connectivity index (χ0v) is 18.7. The Morgan fingerprint density at radius 1 is 0.794 bits per heavy atom. The van der Waals surface area contributed by atoms with Crippen LogP contribution in [0, 0.1) is 0 Å². The summed E-state index contributed by atoms with van der Waals surface area (Å²) in [5.41, 5.74) is -1.24. The van der Waals surface area contributed by atoms with E-state index in [-0.39, 0.29) is 17.1 Å². The highest BCUT2D eigenvalue weighted by Gasteiger charge is 2.37. The van der Waals surface area contributed by atoms with Gasteiger partial charge in [-0.2, -0.15) is 26.3 Å². The van der Waals surface area contributed by atoms with Crippen LogP contribution in [0.4, 0.5) is 37.7 Å². The van der Waals surface area contributed by atoms with Crippen molar-refractivity contribution in [1.29, 1.82) is 0 Å². The van der Waals surface area contributed by atoms with Gasteiger partial charge < -0.3 is 5.32 Å². The van der Waals surface area contributed by atoms with Crippen LogP contribution in [-0.2, 0) is 17.1 Å². The van der Waals surface area contributed by atoms with Crippen molar-refractivity contribution in [3.05, 3.63) is 106 Å². The first-order chi connectivity index (χ1) is 15.9. The van der Waals surface area contributed by atoms with Crippen molar-refractivity contribution in [3.8, 4) is 0 Å². The summed E-state index contributed by atoms with van der Waals surface area (Å²) < 4.78 is 79.9. The maximum absolute atomic E-state index is 13.3. The Morgan fingerprint density at radius 3 is 2.00 bits per heavy atom. The molecule has 176 valence electrons. The molecule has 34 heavy (non-hydrogen) atoms. The van der Waals surface area contributed by atoms with Crippen LogP contribution in [0.2, 0.25) is 0 Å². The first kappa shape index (κ1) is 23.9. The highest BCUT2D eigenvalue weighted by Crippen LogP contribution is 2.39. The van der Waals surface area contributed by atoms with Crippen LogP contribution in [0.5, 0.6) is 0 Å². The molecule has 10 heteroatoms. The van der Waals surface area contributed by atoms with E-state index in [4.69, 9.17) is 0 Å². The second-order valence-corrected chi connectivity index (χ2v) is 8.42. The predicted octanol–water partition coefficient (Wildman–Crippen LogP) is 7.57. The lowest BCUT2D eigenvalue weighted by molar-refractivity contribution is -0.138. The van der Waals surface area contributed by atoms with Crippen LogP contribution in [-0.4, -0.2) is 5.91 Å². The third kappa shape index (κ3) is 4.96. The Balaban J connectivity index is 1.74. The van der Waals surface area contributed by atoms with Crippen LogP contribution in [0.15, 0.2) is 89.0 Å². The van der Waals surface area contributed by atoms with Crippen molar-refractivity contribution in [2.45, 2.75) is 18.4 Å². The lowest BCUT2D eigenvalue weighted by Gasteiger charge is -2.26. The zero-order valence-electron chi connectivity index (χ0n) is 17.1. The summed E-state index contributed by atoms with van der Waals surface area (Å²) in [5.74, 6) is -0.676. The number of nitrogens with one attached hydrogen (secondary N) is 1. The van der Waals surface area contributed by atoms with Gasteiger partial charge in [-0.25, -0.2) is 0 Å². The van der Waals surface area contributed by atoms with Crippen molar-refractivity contribution in [3.63, 3.8) is 0 Å². The summed E-state index contributed by atoms with van der Waals surface area (Å²) >= 11 is 3.31. The predicted molar refractivity (Wildman–Crippen MR) is 119 cm³/mol. The largest absolute Gasteiger partial charge is 0.416 e. The third-order valence-electron chi connectivity index (χ3n) is 5.18. The Labute approximate surface area is 198 Å². The van der Waals surface area contributed by atoms with Gasteiger partial charge in [-0.15, -0.1) is 0 Å². The summed E-state index contributed by atoms with van der Waals surface area (Å²) in [4.78, 5) is 14.5. The number of anilines is 2. The first-order valence-corrected chi connectivity index (χ1v) is 10.7. The minimum atomic E-state index is -4.61. The number of hydrogen-bond acceptors (Lipinski definition) is 2. The van der Waals surface area contributed by atoms with Crippen LogP contribution in [0.25, 0.3) is 0 Å². The average molecular weight is 541 g/mol. The van der Waals surface area contributed by atoms with E-state index in [1.54, 1.807) is 24.3 Å². The molecule has 0 radical (unpaired) electrons. The Kier molecular flexibility index (Phi) is 6.20. The third-order valence-corrected chi connectivity index (χ3v) is 5.71. The maximum atomic E-state index is 13.3. The number of hydrogen-bond donors (Lipinski definition) is 1. The molecule has 1 aliphatic rings. The smallest absolute Gasteiger partial charge is 0.351 e. The fourth-order valence-electron chi connectivity index (χ4n) is 3.60. The quantitative estimate of drug-likeness (QED) is 0.346. The highest BCUT2D eigenvalue weighted by atomic mass is 79.9. The molecule has 0 spiro atoms. The molecule has 1 heterocycles. The summed E-state index contributed by atoms with van der Waals surface area (Å²) in [6.45, 7) is 0. The molecular weight excluding hydrogens is 526 g/mol. The van der Waals surface area contributed by atoms with Gasteiger partial charge in [-0.3, -0.25) is 9.69 Å². The number of benzene rings is 3. The number of carbonyl (C=O) groups excluding carboxylic acids is 1. The molecule has 0 saturated carbocycles. The van der Waals surface area contributed by atoms with Gasteiger partial charge in [-0.1, -0.05) is 40.2 Å². The topological polar surface area (TPSA) is 32.3 Å². The molecule has 1 amide bonds. The minimum absolute atomic E-state index is 0.00448. The van der Waals surface area contributed by atoms with E-state index in [9.17, 15) is 31.1 Å². The molecule has 0 unspecified atom stereocenters. The van der Waals surface area contributed by atoms with E-state index in [1.807, 2.05) is 0 Å². The molecule has 1 N–H and O–H groups in total. The van der Waals surface area contributed by atoms with Crippen molar-refractivity contribution >= 4 is 33.2 Å². The van der Waals surface area contributed by atoms with Gasteiger partial charge in [-0.05, 0) is 60.2 Å². The molecule has 3 nitrogen and oxygen atoms in total. The normalized spacial score (nSPS) is 16.6. The van der Waals surface area contributed by atoms with Crippen molar-refractivity contribution < 1.29 is 31.1 Å². The molecule has 0 saturated heterocycles. The standard InChI is InChI=1S/C24H15BrF6N2O/c25-17-9-7-14(8-10-17)21-13-20(32-18-5-1-3-15(11-18)23(26,27)28)22(34)33(21)19-6-2-4-16(12-19)24(29,30)31/h1-13,21,32H/t21-/m1/s1. The number of alkyl halides is 6. The monoisotopic (exact) mass is 540 g/mol. The number of rotatable bonds is 4. The van der Waals surface area contributed by atoms with Crippen molar-refractivity contribution in [2.24, 2.45) is 0 Å². The number of amides is 1. The number of carbonyl (C=O) groups is 1. The van der Waals surface area contributed by atoms with Gasteiger partial charge >= 0.3 is 12.4 Å². The minimum Gasteiger partial charge on any atom is -0.351 e. The summed E-state index contributed by atoms with van der Waals surface area (Å²) in [5, 5.41) is 2.70. The van der Waals surface area contributed by atoms with Gasteiger partial charge in [0.1, 0.15) is 5.70 Å². The Morgan fingerprint density at radius 2 is 1.38 bits per heavy atom. The molecule has 1 aliphatic heterocycles. The molecule has 1 atom stereocenters. The van der Waals surface area contributed by atoms with E-state index >= 15 is 0 Å². The van der Waals surface area contributed by atoms with E-state index in [0.717, 1.165) is 28.7 Å². The van der Waals surface area contributed by atoms with Gasteiger partial charge in [0.05, 0.1) is 17.2 Å². The molecule has 0 aromatic heterocycles. The van der Waals surface area contributed by atoms with Crippen LogP contribution in [0.1, 0.15) is 22.7 Å². The Hall–Kier alpha value is -3.27. The van der Waals surface area contributed by atoms with E-state index in [1.165, 1.54) is 35.2 Å². The number of halogens is 7. The molecule has 3 aromatic rings. The highest BCUT2D eigenvalue weighted by molar-refractivity contribution is 9.10. The molecule has 0 aliphatic carbocycles. The number of nitrogens with zero attached hydrogens (tertiary/aromatic N) is 1. The van der Waals surface area contributed by atoms with Gasteiger partial charge in [0, 0.05) is 15.8 Å². The lowest BCUT2D eigenvalue weighted by Crippen LogP contribution is -2.31. The molecule has 3 aromatic carbocycles. The average Bonchev–Trinajstić information content (AvgIpc) is 3.09. The van der Waals surface area contributed by atoms with Crippen LogP contribution < -0.4 is 10.2 Å². The van der Waals surface area contributed by atoms with Gasteiger partial charge in [0.2, 0.25) is 0 Å². The summed E-state index contributed by atoms with van der Waals surface area (Å²) in [7, 11) is 0. The zero-order chi connectivity index (χ0) is 24.7. The SMILES string of the molecule is O=C1C(Nc2cccc(C(F)(F)F)c2)=C[C@H](c2ccc(Br)cc2)N1c1cccc(C(F)(F)F)c1. The lowest BCUT2D eigenvalue weighted by atomic mass is 10.1. The second-order valence-electron chi connectivity index (χ2n) is 7.50.